The molecule has 1 rings (SSSR count). The minimum absolute atomic E-state index is 0. The van der Waals surface area contributed by atoms with E-state index in [1.165, 1.54) is 19.5 Å². The molecule has 0 fully saturated rings. The van der Waals surface area contributed by atoms with E-state index in [4.69, 9.17) is 0 Å². The Morgan fingerprint density at radius 1 is 1.44 bits per heavy atom. The van der Waals surface area contributed by atoms with Crippen LogP contribution in [0.4, 0.5) is 0 Å². The quantitative estimate of drug-likeness (QED) is 0.608. The molecule has 0 bridgehead atoms. The van der Waals surface area contributed by atoms with Crippen LogP contribution in [0.15, 0.2) is 12.4 Å². The Morgan fingerprint density at radius 3 is 2.33 bits per heavy atom. The topological polar surface area (TPSA) is 35.0 Å². The van der Waals surface area contributed by atoms with Gasteiger partial charge >= 0.3 is 6.01 Å². The molecule has 0 saturated carbocycles. The van der Waals surface area contributed by atoms with Crippen LogP contribution in [-0.4, -0.2) is 17.1 Å². The Balaban J connectivity index is 0.000000640. The maximum absolute atomic E-state index is 4.67. The summed E-state index contributed by atoms with van der Waals surface area (Å²) in [6.45, 7) is 0. The third-order valence-corrected chi connectivity index (χ3v) is 0.682. The SMILES string of the molecule is COc1nc[c-]cn1.[Y]. The molecule has 0 atom stereocenters. The van der Waals surface area contributed by atoms with Crippen LogP contribution in [0.1, 0.15) is 0 Å². The maximum atomic E-state index is 4.67. The Kier molecular flexibility index (Phi) is 4.82. The molecular formula is C5H5N2OY-. The Morgan fingerprint density at radius 2 is 2.00 bits per heavy atom. The van der Waals surface area contributed by atoms with Crippen molar-refractivity contribution < 1.29 is 37.4 Å². The van der Waals surface area contributed by atoms with E-state index in [2.05, 4.69) is 20.8 Å². The van der Waals surface area contributed by atoms with Crippen LogP contribution >= 0.6 is 0 Å². The molecule has 0 aliphatic heterocycles. The number of hydrogen-bond donors (Lipinski definition) is 0. The first-order valence-electron chi connectivity index (χ1n) is 2.15. The van der Waals surface area contributed by atoms with Crippen molar-refractivity contribution in [2.24, 2.45) is 0 Å². The predicted molar refractivity (Wildman–Crippen MR) is 27.4 cm³/mol. The van der Waals surface area contributed by atoms with Gasteiger partial charge in [-0.15, -0.1) is 12.4 Å². The second-order valence-electron chi connectivity index (χ2n) is 1.17. The minimum Gasteiger partial charge on any atom is -0.467 e. The van der Waals surface area contributed by atoms with Crippen molar-refractivity contribution in [2.45, 2.75) is 0 Å². The first-order valence-corrected chi connectivity index (χ1v) is 2.15. The van der Waals surface area contributed by atoms with Crippen molar-refractivity contribution in [3.63, 3.8) is 0 Å². The van der Waals surface area contributed by atoms with E-state index in [9.17, 15) is 0 Å². The van der Waals surface area contributed by atoms with Crippen molar-refractivity contribution in [1.29, 1.82) is 0 Å². The van der Waals surface area contributed by atoms with E-state index in [1.807, 2.05) is 0 Å². The smallest absolute Gasteiger partial charge is 0.310 e. The van der Waals surface area contributed by atoms with Crippen LogP contribution in [0.5, 0.6) is 6.01 Å². The molecule has 0 unspecified atom stereocenters. The fraction of sp³-hybridized carbons (Fsp3) is 0.200. The van der Waals surface area contributed by atoms with Gasteiger partial charge in [0.25, 0.3) is 0 Å². The summed E-state index contributed by atoms with van der Waals surface area (Å²) < 4.78 is 4.67. The summed E-state index contributed by atoms with van der Waals surface area (Å²) in [6, 6.07) is 3.04. The summed E-state index contributed by atoms with van der Waals surface area (Å²) in [6.07, 6.45) is 3.01. The molecule has 0 aliphatic rings. The van der Waals surface area contributed by atoms with Gasteiger partial charge in [0.05, 0.1) is 7.11 Å². The molecule has 9 heavy (non-hydrogen) atoms. The second-order valence-corrected chi connectivity index (χ2v) is 1.17. The van der Waals surface area contributed by atoms with Crippen LogP contribution in [0.25, 0.3) is 0 Å². The fourth-order valence-corrected chi connectivity index (χ4v) is 0.357. The molecular weight excluding hydrogens is 193 g/mol. The molecule has 3 nitrogen and oxygen atoms in total. The van der Waals surface area contributed by atoms with Crippen LogP contribution in [0, 0.1) is 6.07 Å². The van der Waals surface area contributed by atoms with Gasteiger partial charge in [-0.05, 0) is 0 Å². The van der Waals surface area contributed by atoms with E-state index in [0.717, 1.165) is 0 Å². The molecule has 1 radical (unpaired) electrons. The van der Waals surface area contributed by atoms with Gasteiger partial charge in [0, 0.05) is 32.7 Å². The molecule has 0 aromatic carbocycles. The number of hydrogen-bond acceptors (Lipinski definition) is 3. The first-order chi connectivity index (χ1) is 3.93. The second kappa shape index (κ2) is 4.82. The third kappa shape index (κ3) is 2.87. The molecule has 1 heterocycles. The van der Waals surface area contributed by atoms with Crippen molar-refractivity contribution >= 4 is 0 Å². The average Bonchev–Trinajstić information content (AvgIpc) is 1.90. The number of methoxy groups -OCH3 is 1. The normalized spacial score (nSPS) is 7.67. The Labute approximate surface area is 78.7 Å². The fourth-order valence-electron chi connectivity index (χ4n) is 0.357. The summed E-state index contributed by atoms with van der Waals surface area (Å²) in [5, 5.41) is 0. The molecule has 0 aliphatic carbocycles. The van der Waals surface area contributed by atoms with Crippen LogP contribution in [0.2, 0.25) is 0 Å². The number of aromatic nitrogens is 2. The zero-order valence-corrected chi connectivity index (χ0v) is 7.87. The minimum atomic E-state index is 0. The van der Waals surface area contributed by atoms with Crippen LogP contribution in [-0.2, 0) is 32.7 Å². The molecule has 0 spiro atoms. The number of nitrogens with zero attached hydrogens (tertiary/aromatic N) is 2. The summed E-state index contributed by atoms with van der Waals surface area (Å²) in [5.41, 5.74) is 0. The average molecular weight is 198 g/mol. The van der Waals surface area contributed by atoms with Crippen molar-refractivity contribution in [3.05, 3.63) is 18.5 Å². The van der Waals surface area contributed by atoms with Crippen molar-refractivity contribution in [2.75, 3.05) is 7.11 Å². The van der Waals surface area contributed by atoms with E-state index < -0.39 is 0 Å². The summed E-state index contributed by atoms with van der Waals surface area (Å²) >= 11 is 0. The molecule has 4 heteroatoms. The van der Waals surface area contributed by atoms with E-state index in [0.29, 0.717) is 6.01 Å². The Bertz CT molecular complexity index is 156. The van der Waals surface area contributed by atoms with Gasteiger partial charge < -0.3 is 10.8 Å². The zero-order valence-electron chi connectivity index (χ0n) is 5.03. The van der Waals surface area contributed by atoms with Gasteiger partial charge in [-0.25, -0.2) is 9.97 Å². The maximum Gasteiger partial charge on any atom is 0.310 e. The van der Waals surface area contributed by atoms with E-state index in [-0.39, 0.29) is 32.7 Å². The van der Waals surface area contributed by atoms with Crippen LogP contribution < -0.4 is 4.74 Å². The van der Waals surface area contributed by atoms with Crippen LogP contribution in [0.3, 0.4) is 0 Å². The first kappa shape index (κ1) is 8.98. The number of rotatable bonds is 1. The number of ether oxygens (including phenoxy) is 1. The monoisotopic (exact) mass is 198 g/mol. The van der Waals surface area contributed by atoms with Gasteiger partial charge in [-0.3, -0.25) is 0 Å². The van der Waals surface area contributed by atoms with Gasteiger partial charge in [0.1, 0.15) is 0 Å². The van der Waals surface area contributed by atoms with Gasteiger partial charge in [-0.2, -0.15) is 0 Å². The third-order valence-electron chi connectivity index (χ3n) is 0.682. The van der Waals surface area contributed by atoms with E-state index in [1.54, 1.807) is 0 Å². The van der Waals surface area contributed by atoms with Crippen molar-refractivity contribution in [3.8, 4) is 6.01 Å². The van der Waals surface area contributed by atoms with Crippen molar-refractivity contribution in [1.82, 2.24) is 9.97 Å². The molecule has 1 aromatic rings. The summed E-state index contributed by atoms with van der Waals surface area (Å²) in [5.74, 6) is 0. The molecule has 0 N–H and O–H groups in total. The van der Waals surface area contributed by atoms with Gasteiger partial charge in [0.2, 0.25) is 0 Å². The van der Waals surface area contributed by atoms with Gasteiger partial charge in [0.15, 0.2) is 0 Å². The summed E-state index contributed by atoms with van der Waals surface area (Å²) in [7, 11) is 1.52. The molecule has 1 aromatic heterocycles. The summed E-state index contributed by atoms with van der Waals surface area (Å²) in [4.78, 5) is 7.42. The molecule has 45 valence electrons. The predicted octanol–water partition coefficient (Wildman–Crippen LogP) is 0.283. The largest absolute Gasteiger partial charge is 0.467 e. The van der Waals surface area contributed by atoms with Gasteiger partial charge in [-0.1, -0.05) is 0 Å². The standard InChI is InChI=1S/C5H5N2O.Y/c1-8-5-6-3-2-4-7-5;/h3-4H,1H3;/q-1;. The zero-order chi connectivity index (χ0) is 5.82. The van der Waals surface area contributed by atoms with E-state index >= 15 is 0 Å². The Hall–Kier alpha value is -0.0161. The molecule has 0 saturated heterocycles. The molecule has 0 amide bonds.